The second-order valence-electron chi connectivity index (χ2n) is 10.5. The maximum atomic E-state index is 13.9. The lowest BCUT2D eigenvalue weighted by Gasteiger charge is -2.23. The number of hydrogen-bond acceptors (Lipinski definition) is 4. The molecule has 1 aliphatic rings. The van der Waals surface area contributed by atoms with Gasteiger partial charge in [-0.05, 0) is 55.5 Å². The van der Waals surface area contributed by atoms with Crippen molar-refractivity contribution >= 4 is 6.03 Å². The largest absolute Gasteiger partial charge is 0.416 e. The van der Waals surface area contributed by atoms with Crippen molar-refractivity contribution in [3.05, 3.63) is 88.1 Å². The van der Waals surface area contributed by atoms with E-state index in [9.17, 15) is 22.8 Å². The summed E-state index contributed by atoms with van der Waals surface area (Å²) in [7, 11) is 4.10. The minimum absolute atomic E-state index is 0.0202. The Morgan fingerprint density at radius 3 is 2.48 bits per heavy atom. The van der Waals surface area contributed by atoms with Gasteiger partial charge in [-0.15, -0.1) is 0 Å². The summed E-state index contributed by atoms with van der Waals surface area (Å²) in [6, 6.07) is 13.8. The van der Waals surface area contributed by atoms with E-state index in [0.717, 1.165) is 34.2 Å². The molecule has 1 amide bonds. The SMILES string of the molecule is Cc1c(-c2ccnn2-c2ccc(C#N)cc2)n(C(=O)N[C@@H]2CC[N+](C)(C)C2)c(=O)n1-c1cccc(C(F)(F)F)c1. The zero-order valence-corrected chi connectivity index (χ0v) is 22.1. The van der Waals surface area contributed by atoms with Crippen molar-refractivity contribution in [2.24, 2.45) is 0 Å². The smallest absolute Gasteiger partial charge is 0.329 e. The molecule has 1 aliphatic heterocycles. The quantitative estimate of drug-likeness (QED) is 0.387. The average molecular weight is 551 g/mol. The topological polar surface area (TPSA) is 97.6 Å². The van der Waals surface area contributed by atoms with Crippen LogP contribution in [0.3, 0.4) is 0 Å². The molecule has 2 aromatic heterocycles. The van der Waals surface area contributed by atoms with Gasteiger partial charge in [0.25, 0.3) is 0 Å². The zero-order valence-electron chi connectivity index (χ0n) is 22.1. The van der Waals surface area contributed by atoms with Crippen molar-refractivity contribution in [1.82, 2.24) is 24.2 Å². The molecule has 40 heavy (non-hydrogen) atoms. The first kappa shape index (κ1) is 27.0. The van der Waals surface area contributed by atoms with Crippen LogP contribution in [0.25, 0.3) is 22.8 Å². The van der Waals surface area contributed by atoms with Crippen LogP contribution in [0, 0.1) is 18.3 Å². The number of rotatable bonds is 4. The molecule has 9 nitrogen and oxygen atoms in total. The number of benzene rings is 2. The van der Waals surface area contributed by atoms with Crippen LogP contribution in [0.2, 0.25) is 0 Å². The molecule has 0 saturated carbocycles. The molecule has 1 atom stereocenters. The lowest BCUT2D eigenvalue weighted by Crippen LogP contribution is -2.46. The van der Waals surface area contributed by atoms with E-state index in [-0.39, 0.29) is 23.1 Å². The van der Waals surface area contributed by atoms with E-state index < -0.39 is 23.5 Å². The maximum absolute atomic E-state index is 13.9. The number of imidazole rings is 1. The van der Waals surface area contributed by atoms with E-state index in [0.29, 0.717) is 28.0 Å². The predicted molar refractivity (Wildman–Crippen MR) is 141 cm³/mol. The lowest BCUT2D eigenvalue weighted by molar-refractivity contribution is -0.878. The number of amides is 1. The summed E-state index contributed by atoms with van der Waals surface area (Å²) in [5.41, 5.74) is 0.104. The Morgan fingerprint density at radius 2 is 1.85 bits per heavy atom. The molecule has 4 aromatic rings. The summed E-state index contributed by atoms with van der Waals surface area (Å²) in [5, 5.41) is 16.5. The van der Waals surface area contributed by atoms with Gasteiger partial charge in [-0.25, -0.2) is 18.8 Å². The highest BCUT2D eigenvalue weighted by atomic mass is 19.4. The van der Waals surface area contributed by atoms with E-state index in [2.05, 4.69) is 16.5 Å². The van der Waals surface area contributed by atoms with Crippen molar-refractivity contribution in [1.29, 1.82) is 5.26 Å². The van der Waals surface area contributed by atoms with Crippen LogP contribution in [-0.2, 0) is 6.18 Å². The Kier molecular flexibility index (Phi) is 6.63. The summed E-state index contributed by atoms with van der Waals surface area (Å²) >= 11 is 0. The number of likely N-dealkylation sites (tertiary alicyclic amines) is 1. The van der Waals surface area contributed by atoms with Crippen molar-refractivity contribution in [3.63, 3.8) is 0 Å². The molecule has 1 saturated heterocycles. The van der Waals surface area contributed by atoms with Crippen LogP contribution in [0.4, 0.5) is 18.0 Å². The van der Waals surface area contributed by atoms with Crippen molar-refractivity contribution in [2.75, 3.05) is 27.2 Å². The molecule has 3 heterocycles. The summed E-state index contributed by atoms with van der Waals surface area (Å²) in [6.07, 6.45) is -2.39. The number of carbonyl (C=O) groups excluding carboxylic acids is 1. The Labute approximate surface area is 227 Å². The molecule has 5 rings (SSSR count). The van der Waals surface area contributed by atoms with Crippen LogP contribution in [-0.4, -0.2) is 62.7 Å². The van der Waals surface area contributed by atoms with Crippen LogP contribution >= 0.6 is 0 Å². The zero-order chi connectivity index (χ0) is 28.8. The minimum atomic E-state index is -4.61. The summed E-state index contributed by atoms with van der Waals surface area (Å²) in [4.78, 5) is 27.5. The molecule has 2 aromatic carbocycles. The molecule has 12 heteroatoms. The fraction of sp³-hybridized carbons (Fsp3) is 0.286. The first-order valence-corrected chi connectivity index (χ1v) is 12.6. The van der Waals surface area contributed by atoms with Crippen LogP contribution in [0.5, 0.6) is 0 Å². The van der Waals surface area contributed by atoms with Gasteiger partial charge < -0.3 is 9.80 Å². The van der Waals surface area contributed by atoms with E-state index >= 15 is 0 Å². The van der Waals surface area contributed by atoms with Crippen molar-refractivity contribution in [3.8, 4) is 28.8 Å². The number of nitriles is 1. The van der Waals surface area contributed by atoms with E-state index in [1.165, 1.54) is 23.0 Å². The van der Waals surface area contributed by atoms with Gasteiger partial charge in [0.05, 0.1) is 79.4 Å². The fourth-order valence-corrected chi connectivity index (χ4v) is 5.23. The first-order valence-electron chi connectivity index (χ1n) is 12.6. The van der Waals surface area contributed by atoms with E-state index in [1.807, 2.05) is 14.1 Å². The Morgan fingerprint density at radius 1 is 1.12 bits per heavy atom. The highest BCUT2D eigenvalue weighted by Gasteiger charge is 2.35. The van der Waals surface area contributed by atoms with E-state index in [4.69, 9.17) is 5.26 Å². The van der Waals surface area contributed by atoms with Gasteiger partial charge in [0, 0.05) is 6.42 Å². The highest BCUT2D eigenvalue weighted by Crippen LogP contribution is 2.32. The van der Waals surface area contributed by atoms with Crippen LogP contribution in [0.1, 0.15) is 23.2 Å². The Balaban J connectivity index is 1.69. The molecule has 0 radical (unpaired) electrons. The third-order valence-corrected chi connectivity index (χ3v) is 7.17. The molecular formula is C28H27F3N7O2+. The van der Waals surface area contributed by atoms with Crippen LogP contribution < -0.4 is 11.0 Å². The number of carbonyl (C=O) groups is 1. The second-order valence-corrected chi connectivity index (χ2v) is 10.5. The molecule has 1 fully saturated rings. The lowest BCUT2D eigenvalue weighted by atomic mass is 10.2. The third kappa shape index (κ3) is 4.91. The molecule has 0 unspecified atom stereocenters. The number of aromatic nitrogens is 4. The standard InChI is InChI=1S/C28H26F3N7O2/c1-18-25(24-11-13-33-37(24)22-9-7-19(16-32)8-10-22)36(26(39)34-21-12-14-38(2,3)17-21)27(40)35(18)23-6-4-5-20(15-23)28(29,30)31/h4-11,13,15,21H,12,14,17H2,1-3H3/p+1/t21-/m1/s1. The molecular weight excluding hydrogens is 523 g/mol. The summed E-state index contributed by atoms with van der Waals surface area (Å²) < 4.78 is 44.8. The summed E-state index contributed by atoms with van der Waals surface area (Å²) in [5.74, 6) is 0. The highest BCUT2D eigenvalue weighted by molar-refractivity contribution is 5.83. The average Bonchev–Trinajstić information content (AvgIpc) is 3.58. The van der Waals surface area contributed by atoms with Gasteiger partial charge >= 0.3 is 17.9 Å². The normalized spacial score (nSPS) is 16.6. The van der Waals surface area contributed by atoms with Gasteiger partial charge in [0.1, 0.15) is 5.69 Å². The van der Waals surface area contributed by atoms with Crippen LogP contribution in [0.15, 0.2) is 65.6 Å². The fourth-order valence-electron chi connectivity index (χ4n) is 5.23. The molecule has 206 valence electrons. The van der Waals surface area contributed by atoms with Gasteiger partial charge in [0.15, 0.2) is 0 Å². The monoisotopic (exact) mass is 550 g/mol. The minimum Gasteiger partial charge on any atom is -0.329 e. The number of hydrogen-bond donors (Lipinski definition) is 1. The van der Waals surface area contributed by atoms with Gasteiger partial charge in [-0.3, -0.25) is 4.57 Å². The second kappa shape index (κ2) is 9.84. The molecule has 0 bridgehead atoms. The number of halogens is 3. The third-order valence-electron chi connectivity index (χ3n) is 7.17. The number of likely N-dealkylation sites (N-methyl/N-ethyl adjacent to an activating group) is 1. The molecule has 0 aliphatic carbocycles. The van der Waals surface area contributed by atoms with Gasteiger partial charge in [0.2, 0.25) is 0 Å². The molecule has 1 N–H and O–H groups in total. The first-order chi connectivity index (χ1) is 18.9. The summed E-state index contributed by atoms with van der Waals surface area (Å²) in [6.45, 7) is 3.10. The van der Waals surface area contributed by atoms with Gasteiger partial charge in [-0.1, -0.05) is 6.07 Å². The maximum Gasteiger partial charge on any atom is 0.416 e. The van der Waals surface area contributed by atoms with Crippen molar-refractivity contribution in [2.45, 2.75) is 25.6 Å². The predicted octanol–water partition coefficient (Wildman–Crippen LogP) is 4.10. The number of nitrogens with one attached hydrogen (secondary N) is 1. The number of quaternary nitrogens is 1. The molecule has 0 spiro atoms. The van der Waals surface area contributed by atoms with Gasteiger partial charge in [-0.2, -0.15) is 23.5 Å². The van der Waals surface area contributed by atoms with E-state index in [1.54, 1.807) is 37.3 Å². The Bertz CT molecular complexity index is 1690. The Hall–Kier alpha value is -4.63. The number of alkyl halides is 3. The van der Waals surface area contributed by atoms with Crippen molar-refractivity contribution < 1.29 is 22.4 Å². The number of nitrogens with zero attached hydrogens (tertiary/aromatic N) is 6.